The van der Waals surface area contributed by atoms with Crippen LogP contribution >= 0.6 is 0 Å². The smallest absolute Gasteiger partial charge is 0.141 e. The maximum atomic E-state index is 13.0. The number of nitrogens with one attached hydrogen (secondary N) is 1. The second-order valence-electron chi connectivity index (χ2n) is 6.02. The summed E-state index contributed by atoms with van der Waals surface area (Å²) in [5.41, 5.74) is 0.566. The third-order valence-corrected chi connectivity index (χ3v) is 4.56. The van der Waals surface area contributed by atoms with E-state index in [-0.39, 0.29) is 17.8 Å². The number of halogens is 1. The fourth-order valence-corrected chi connectivity index (χ4v) is 3.11. The van der Waals surface area contributed by atoms with Gasteiger partial charge in [-0.05, 0) is 50.7 Å². The van der Waals surface area contributed by atoms with Crippen molar-refractivity contribution in [2.45, 2.75) is 56.0 Å². The van der Waals surface area contributed by atoms with Crippen molar-refractivity contribution in [1.82, 2.24) is 10.3 Å². The highest BCUT2D eigenvalue weighted by Gasteiger charge is 2.38. The lowest BCUT2D eigenvalue weighted by atomic mass is 9.70. The molecule has 2 aliphatic carbocycles. The van der Waals surface area contributed by atoms with Gasteiger partial charge < -0.3 is 10.4 Å². The van der Waals surface area contributed by atoms with Crippen LogP contribution in [0.3, 0.4) is 0 Å². The average Bonchev–Trinajstić information content (AvgIpc) is 3.25. The van der Waals surface area contributed by atoms with Gasteiger partial charge in [-0.2, -0.15) is 0 Å². The highest BCUT2D eigenvalue weighted by molar-refractivity contribution is 5.19. The molecule has 4 heteroatoms. The van der Waals surface area contributed by atoms with Crippen molar-refractivity contribution in [3.63, 3.8) is 0 Å². The monoisotopic (exact) mass is 264 g/mol. The minimum Gasteiger partial charge on any atom is -0.395 e. The lowest BCUT2D eigenvalue weighted by molar-refractivity contribution is 0.134. The molecule has 2 fully saturated rings. The van der Waals surface area contributed by atoms with E-state index in [4.69, 9.17) is 0 Å². The van der Waals surface area contributed by atoms with Crippen molar-refractivity contribution >= 4 is 0 Å². The van der Waals surface area contributed by atoms with Gasteiger partial charge in [0.2, 0.25) is 0 Å². The predicted molar refractivity (Wildman–Crippen MR) is 71.4 cm³/mol. The number of hydrogen-bond acceptors (Lipinski definition) is 3. The Morgan fingerprint density at radius 3 is 2.42 bits per heavy atom. The van der Waals surface area contributed by atoms with Crippen LogP contribution in [-0.4, -0.2) is 28.8 Å². The Balaban J connectivity index is 1.68. The average molecular weight is 264 g/mol. The number of aliphatic hydroxyl groups excluding tert-OH is 1. The van der Waals surface area contributed by atoms with Crippen LogP contribution in [0.4, 0.5) is 4.39 Å². The van der Waals surface area contributed by atoms with Gasteiger partial charge in [0, 0.05) is 23.2 Å². The molecule has 0 aromatic carbocycles. The molecule has 0 atom stereocenters. The standard InChI is InChI=1S/C15H21FN2O/c16-11-1-4-14(17-9-11)15(10-19)7-5-13(6-8-15)18-12-2-3-12/h1,4,9,12-13,18-19H,2-3,5-8,10H2. The van der Waals surface area contributed by atoms with Crippen molar-refractivity contribution in [3.8, 4) is 0 Å². The van der Waals surface area contributed by atoms with Crippen molar-refractivity contribution in [1.29, 1.82) is 0 Å². The van der Waals surface area contributed by atoms with E-state index in [1.54, 1.807) is 6.07 Å². The molecule has 0 bridgehead atoms. The number of rotatable bonds is 4. The zero-order valence-corrected chi connectivity index (χ0v) is 11.1. The Kier molecular flexibility index (Phi) is 3.54. The van der Waals surface area contributed by atoms with Crippen LogP contribution in [0, 0.1) is 5.82 Å². The number of nitrogens with zero attached hydrogens (tertiary/aromatic N) is 1. The zero-order valence-electron chi connectivity index (χ0n) is 11.1. The minimum absolute atomic E-state index is 0.0990. The molecule has 0 aliphatic heterocycles. The largest absolute Gasteiger partial charge is 0.395 e. The molecule has 3 rings (SSSR count). The Morgan fingerprint density at radius 1 is 1.21 bits per heavy atom. The maximum absolute atomic E-state index is 13.0. The number of pyridine rings is 1. The van der Waals surface area contributed by atoms with E-state index in [1.807, 2.05) is 0 Å². The molecular formula is C15H21FN2O. The first-order valence-electron chi connectivity index (χ1n) is 7.21. The Morgan fingerprint density at radius 2 is 1.89 bits per heavy atom. The molecule has 0 spiro atoms. The minimum atomic E-state index is -0.319. The van der Waals surface area contributed by atoms with Crippen LogP contribution in [0.25, 0.3) is 0 Å². The first-order valence-corrected chi connectivity index (χ1v) is 7.21. The van der Waals surface area contributed by atoms with Crippen LogP contribution in [0.1, 0.15) is 44.2 Å². The lowest BCUT2D eigenvalue weighted by Crippen LogP contribution is -2.42. The van der Waals surface area contributed by atoms with E-state index in [0.29, 0.717) is 6.04 Å². The van der Waals surface area contributed by atoms with E-state index < -0.39 is 0 Å². The van der Waals surface area contributed by atoms with Gasteiger partial charge in [-0.25, -0.2) is 4.39 Å². The molecular weight excluding hydrogens is 243 g/mol. The highest BCUT2D eigenvalue weighted by Crippen LogP contribution is 2.39. The highest BCUT2D eigenvalue weighted by atomic mass is 19.1. The van der Waals surface area contributed by atoms with E-state index in [0.717, 1.165) is 37.4 Å². The van der Waals surface area contributed by atoms with Gasteiger partial charge in [0.1, 0.15) is 5.82 Å². The molecule has 2 N–H and O–H groups in total. The third-order valence-electron chi connectivity index (χ3n) is 4.56. The second kappa shape index (κ2) is 5.17. The van der Waals surface area contributed by atoms with Gasteiger partial charge in [-0.1, -0.05) is 0 Å². The number of hydrogen-bond donors (Lipinski definition) is 2. The van der Waals surface area contributed by atoms with Crippen LogP contribution in [0.2, 0.25) is 0 Å². The molecule has 104 valence electrons. The summed E-state index contributed by atoms with van der Waals surface area (Å²) in [5, 5.41) is 13.4. The van der Waals surface area contributed by atoms with Crippen molar-refractivity contribution in [2.24, 2.45) is 0 Å². The van der Waals surface area contributed by atoms with E-state index in [9.17, 15) is 9.50 Å². The zero-order chi connectivity index (χ0) is 13.3. The van der Waals surface area contributed by atoms with Gasteiger partial charge in [-0.3, -0.25) is 4.98 Å². The molecule has 0 saturated heterocycles. The predicted octanol–water partition coefficient (Wildman–Crippen LogP) is 2.15. The Bertz CT molecular complexity index is 422. The fourth-order valence-electron chi connectivity index (χ4n) is 3.11. The normalized spacial score (nSPS) is 31.4. The van der Waals surface area contributed by atoms with Crippen LogP contribution in [-0.2, 0) is 5.41 Å². The Labute approximate surface area is 113 Å². The summed E-state index contributed by atoms with van der Waals surface area (Å²) < 4.78 is 13.0. The molecule has 19 heavy (non-hydrogen) atoms. The topological polar surface area (TPSA) is 45.2 Å². The molecule has 0 radical (unpaired) electrons. The SMILES string of the molecule is OCC1(c2ccc(F)cn2)CCC(NC2CC2)CC1. The van der Waals surface area contributed by atoms with Crippen molar-refractivity contribution < 1.29 is 9.50 Å². The van der Waals surface area contributed by atoms with Gasteiger partial charge >= 0.3 is 0 Å². The first kappa shape index (κ1) is 13.0. The molecule has 0 amide bonds. The Hall–Kier alpha value is -1.00. The van der Waals surface area contributed by atoms with E-state index in [1.165, 1.54) is 25.1 Å². The molecule has 1 aromatic heterocycles. The summed E-state index contributed by atoms with van der Waals surface area (Å²) in [4.78, 5) is 4.19. The van der Waals surface area contributed by atoms with Gasteiger partial charge in [0.05, 0.1) is 12.8 Å². The third kappa shape index (κ3) is 2.79. The van der Waals surface area contributed by atoms with Gasteiger partial charge in [0.15, 0.2) is 0 Å². The summed E-state index contributed by atoms with van der Waals surface area (Å²) >= 11 is 0. The summed E-state index contributed by atoms with van der Waals surface area (Å²) in [6.07, 6.45) is 7.84. The molecule has 0 unspecified atom stereocenters. The molecule has 2 aliphatic rings. The number of aliphatic hydroxyl groups is 1. The molecule has 2 saturated carbocycles. The van der Waals surface area contributed by atoms with E-state index in [2.05, 4.69) is 10.3 Å². The van der Waals surface area contributed by atoms with Crippen LogP contribution in [0.5, 0.6) is 0 Å². The number of aromatic nitrogens is 1. The summed E-state index contributed by atoms with van der Waals surface area (Å²) in [6, 6.07) is 4.47. The van der Waals surface area contributed by atoms with Gasteiger partial charge in [-0.15, -0.1) is 0 Å². The second-order valence-corrected chi connectivity index (χ2v) is 6.02. The van der Waals surface area contributed by atoms with Crippen molar-refractivity contribution in [3.05, 3.63) is 29.8 Å². The van der Waals surface area contributed by atoms with Crippen LogP contribution in [0.15, 0.2) is 18.3 Å². The summed E-state index contributed by atoms with van der Waals surface area (Å²) in [6.45, 7) is 0.0990. The molecule has 3 nitrogen and oxygen atoms in total. The van der Waals surface area contributed by atoms with Crippen LogP contribution < -0.4 is 5.32 Å². The first-order chi connectivity index (χ1) is 9.22. The van der Waals surface area contributed by atoms with E-state index >= 15 is 0 Å². The van der Waals surface area contributed by atoms with Crippen molar-refractivity contribution in [2.75, 3.05) is 6.61 Å². The summed E-state index contributed by atoms with van der Waals surface area (Å²) in [5.74, 6) is -0.319. The summed E-state index contributed by atoms with van der Waals surface area (Å²) in [7, 11) is 0. The van der Waals surface area contributed by atoms with Gasteiger partial charge in [0.25, 0.3) is 0 Å². The molecule has 1 heterocycles. The fraction of sp³-hybridized carbons (Fsp3) is 0.667. The quantitative estimate of drug-likeness (QED) is 0.876. The lowest BCUT2D eigenvalue weighted by Gasteiger charge is -2.38. The molecule has 1 aromatic rings. The maximum Gasteiger partial charge on any atom is 0.141 e.